The number of nitrogens with zero attached hydrogens (tertiary/aromatic N) is 1. The fourth-order valence-corrected chi connectivity index (χ4v) is 4.60. The first-order valence-corrected chi connectivity index (χ1v) is 8.60. The van der Waals surface area contributed by atoms with Gasteiger partial charge in [0.1, 0.15) is 0 Å². The summed E-state index contributed by atoms with van der Waals surface area (Å²) in [5.74, 6) is 0.113. The Morgan fingerprint density at radius 2 is 2.10 bits per heavy atom. The largest absolute Gasteiger partial charge is 0.329 e. The molecule has 2 unspecified atom stereocenters. The Hall–Kier alpha value is -0.950. The Balaban J connectivity index is 2.10. The van der Waals surface area contributed by atoms with E-state index in [1.54, 1.807) is 4.31 Å². The zero-order chi connectivity index (χ0) is 14.6. The van der Waals surface area contributed by atoms with Crippen molar-refractivity contribution in [3.63, 3.8) is 0 Å². The summed E-state index contributed by atoms with van der Waals surface area (Å²) in [4.78, 5) is 0. The molecule has 1 fully saturated rings. The second-order valence-electron chi connectivity index (χ2n) is 5.29. The number of hydrogen-bond donors (Lipinski definition) is 2. The van der Waals surface area contributed by atoms with Crippen molar-refractivity contribution in [2.45, 2.75) is 18.9 Å². The predicted molar refractivity (Wildman–Crippen MR) is 81.1 cm³/mol. The Bertz CT molecular complexity index is 518. The summed E-state index contributed by atoms with van der Waals surface area (Å²) in [6.07, 6.45) is 0. The fourth-order valence-electron chi connectivity index (χ4n) is 2.60. The smallest absolute Gasteiger partial charge is 0.215 e. The first-order chi connectivity index (χ1) is 9.54. The molecule has 1 heterocycles. The van der Waals surface area contributed by atoms with Crippen LogP contribution in [0.4, 0.5) is 0 Å². The minimum atomic E-state index is -3.28. The van der Waals surface area contributed by atoms with E-state index in [0.717, 1.165) is 5.56 Å². The molecule has 6 heteroatoms. The van der Waals surface area contributed by atoms with Crippen LogP contribution < -0.4 is 11.1 Å². The number of rotatable bonds is 5. The monoisotopic (exact) mass is 297 g/mol. The maximum absolute atomic E-state index is 12.6. The van der Waals surface area contributed by atoms with Crippen molar-refractivity contribution in [3.8, 4) is 0 Å². The third-order valence-electron chi connectivity index (χ3n) is 3.75. The first kappa shape index (κ1) is 15.4. The molecule has 1 aliphatic heterocycles. The summed E-state index contributed by atoms with van der Waals surface area (Å²) in [5, 5.41) is 3.19. The van der Waals surface area contributed by atoms with Crippen LogP contribution in [-0.4, -0.2) is 50.7 Å². The molecule has 5 nitrogen and oxygen atoms in total. The van der Waals surface area contributed by atoms with Gasteiger partial charge in [-0.1, -0.05) is 37.3 Å². The lowest BCUT2D eigenvalue weighted by atomic mass is 10.0. The summed E-state index contributed by atoms with van der Waals surface area (Å²) in [5.41, 5.74) is 6.74. The van der Waals surface area contributed by atoms with E-state index in [0.29, 0.717) is 26.2 Å². The van der Waals surface area contributed by atoms with Gasteiger partial charge in [0.05, 0.1) is 5.75 Å². The summed E-state index contributed by atoms with van der Waals surface area (Å²) >= 11 is 0. The molecule has 0 spiro atoms. The molecular weight excluding hydrogens is 274 g/mol. The third kappa shape index (κ3) is 3.58. The van der Waals surface area contributed by atoms with Crippen LogP contribution >= 0.6 is 0 Å². The molecule has 0 saturated carbocycles. The van der Waals surface area contributed by atoms with Gasteiger partial charge in [0, 0.05) is 32.2 Å². The van der Waals surface area contributed by atoms with E-state index in [2.05, 4.69) is 5.32 Å². The molecule has 0 bridgehead atoms. The highest BCUT2D eigenvalue weighted by Gasteiger charge is 2.32. The molecule has 112 valence electrons. The molecule has 0 amide bonds. The highest BCUT2D eigenvalue weighted by Crippen LogP contribution is 2.20. The molecule has 20 heavy (non-hydrogen) atoms. The zero-order valence-corrected chi connectivity index (χ0v) is 12.6. The van der Waals surface area contributed by atoms with E-state index < -0.39 is 10.0 Å². The van der Waals surface area contributed by atoms with Gasteiger partial charge in [0.25, 0.3) is 0 Å². The molecule has 1 saturated heterocycles. The Morgan fingerprint density at radius 3 is 2.75 bits per heavy atom. The number of benzene rings is 1. The minimum Gasteiger partial charge on any atom is -0.329 e. The van der Waals surface area contributed by atoms with E-state index in [4.69, 9.17) is 5.73 Å². The first-order valence-electron chi connectivity index (χ1n) is 7.00. The highest BCUT2D eigenvalue weighted by molar-refractivity contribution is 7.89. The lowest BCUT2D eigenvalue weighted by Gasteiger charge is -2.35. The average molecular weight is 297 g/mol. The molecule has 0 radical (unpaired) electrons. The van der Waals surface area contributed by atoms with E-state index in [9.17, 15) is 8.42 Å². The Kier molecular flexibility index (Phi) is 5.15. The summed E-state index contributed by atoms with van der Waals surface area (Å²) < 4.78 is 26.7. The third-order valence-corrected chi connectivity index (χ3v) is 5.87. The molecule has 0 aliphatic carbocycles. The van der Waals surface area contributed by atoms with Gasteiger partial charge in [0.2, 0.25) is 10.0 Å². The highest BCUT2D eigenvalue weighted by atomic mass is 32.2. The summed E-state index contributed by atoms with van der Waals surface area (Å²) in [6, 6.07) is 9.62. The predicted octanol–water partition coefficient (Wildman–Crippen LogP) is 0.352. The number of nitrogens with two attached hydrogens (primary N) is 1. The van der Waals surface area contributed by atoms with Crippen molar-refractivity contribution < 1.29 is 8.42 Å². The lowest BCUT2D eigenvalue weighted by Crippen LogP contribution is -2.57. The number of piperazine rings is 1. The molecule has 0 aromatic heterocycles. The quantitative estimate of drug-likeness (QED) is 0.822. The van der Waals surface area contributed by atoms with Crippen LogP contribution in [0.25, 0.3) is 0 Å². The topological polar surface area (TPSA) is 75.4 Å². The van der Waals surface area contributed by atoms with Gasteiger partial charge in [-0.05, 0) is 11.5 Å². The lowest BCUT2D eigenvalue weighted by molar-refractivity contribution is 0.272. The maximum atomic E-state index is 12.6. The Labute approximate surface area is 121 Å². The maximum Gasteiger partial charge on any atom is 0.215 e. The Morgan fingerprint density at radius 1 is 1.40 bits per heavy atom. The van der Waals surface area contributed by atoms with Crippen LogP contribution in [0.5, 0.6) is 0 Å². The van der Waals surface area contributed by atoms with Crippen molar-refractivity contribution >= 4 is 10.0 Å². The van der Waals surface area contributed by atoms with Crippen molar-refractivity contribution in [3.05, 3.63) is 35.9 Å². The summed E-state index contributed by atoms with van der Waals surface area (Å²) in [6.45, 7) is 4.13. The normalized spacial score (nSPS) is 22.6. The number of nitrogens with one attached hydrogen (secondary N) is 1. The van der Waals surface area contributed by atoms with Crippen LogP contribution in [0.3, 0.4) is 0 Å². The van der Waals surface area contributed by atoms with Crippen LogP contribution in [0.2, 0.25) is 0 Å². The molecule has 1 aliphatic rings. The van der Waals surface area contributed by atoms with E-state index in [-0.39, 0.29) is 17.7 Å². The van der Waals surface area contributed by atoms with Gasteiger partial charge >= 0.3 is 0 Å². The fraction of sp³-hybridized carbons (Fsp3) is 0.571. The SMILES string of the molecule is CC(CS(=O)(=O)N1CCNCC1CN)c1ccccc1. The standard InChI is InChI=1S/C14H23N3O2S/c1-12(13-5-3-2-4-6-13)11-20(18,19)17-8-7-16-10-14(17)9-15/h2-6,12,14,16H,7-11,15H2,1H3. The van der Waals surface area contributed by atoms with Gasteiger partial charge in [0.15, 0.2) is 0 Å². The van der Waals surface area contributed by atoms with Crippen LogP contribution in [0.1, 0.15) is 18.4 Å². The molecular formula is C14H23N3O2S. The summed E-state index contributed by atoms with van der Waals surface area (Å²) in [7, 11) is -3.28. The molecule has 2 atom stereocenters. The van der Waals surface area contributed by atoms with Crippen molar-refractivity contribution in [1.29, 1.82) is 0 Å². The van der Waals surface area contributed by atoms with E-state index in [1.165, 1.54) is 0 Å². The van der Waals surface area contributed by atoms with Crippen LogP contribution in [-0.2, 0) is 10.0 Å². The van der Waals surface area contributed by atoms with Crippen molar-refractivity contribution in [2.75, 3.05) is 31.9 Å². The van der Waals surface area contributed by atoms with Crippen LogP contribution in [0.15, 0.2) is 30.3 Å². The van der Waals surface area contributed by atoms with Gasteiger partial charge in [-0.3, -0.25) is 0 Å². The number of hydrogen-bond acceptors (Lipinski definition) is 4. The van der Waals surface area contributed by atoms with Gasteiger partial charge in [-0.25, -0.2) is 8.42 Å². The molecule has 3 N–H and O–H groups in total. The van der Waals surface area contributed by atoms with E-state index >= 15 is 0 Å². The molecule has 1 aromatic carbocycles. The zero-order valence-electron chi connectivity index (χ0n) is 11.8. The average Bonchev–Trinajstić information content (AvgIpc) is 2.47. The molecule has 2 rings (SSSR count). The minimum absolute atomic E-state index is 0.0190. The second kappa shape index (κ2) is 6.67. The number of sulfonamides is 1. The van der Waals surface area contributed by atoms with Crippen LogP contribution in [0, 0.1) is 0 Å². The second-order valence-corrected chi connectivity index (χ2v) is 7.26. The van der Waals surface area contributed by atoms with Crippen molar-refractivity contribution in [2.24, 2.45) is 5.73 Å². The van der Waals surface area contributed by atoms with E-state index in [1.807, 2.05) is 37.3 Å². The van der Waals surface area contributed by atoms with Gasteiger partial charge in [-0.2, -0.15) is 4.31 Å². The van der Waals surface area contributed by atoms with Gasteiger partial charge in [-0.15, -0.1) is 0 Å². The van der Waals surface area contributed by atoms with Gasteiger partial charge < -0.3 is 11.1 Å². The molecule has 1 aromatic rings. The van der Waals surface area contributed by atoms with Crippen molar-refractivity contribution in [1.82, 2.24) is 9.62 Å².